The maximum absolute atomic E-state index is 12.1. The molecule has 104 valence electrons. The Balaban J connectivity index is 2.90. The zero-order chi connectivity index (χ0) is 14.3. The van der Waals surface area contributed by atoms with Crippen LogP contribution in [0.25, 0.3) is 0 Å². The van der Waals surface area contributed by atoms with E-state index in [0.29, 0.717) is 28.1 Å². The van der Waals surface area contributed by atoms with Crippen LogP contribution in [-0.4, -0.2) is 26.7 Å². The number of rotatable bonds is 6. The SMILES string of the molecule is C/C=C/CCNC(=O)c1cc(OC)cc(Br)c1OC. The first kappa shape index (κ1) is 15.6. The van der Waals surface area contributed by atoms with E-state index in [4.69, 9.17) is 9.47 Å². The van der Waals surface area contributed by atoms with E-state index < -0.39 is 0 Å². The Bertz CT molecular complexity index is 472. The van der Waals surface area contributed by atoms with Gasteiger partial charge in [0.25, 0.3) is 5.91 Å². The van der Waals surface area contributed by atoms with Crippen LogP contribution >= 0.6 is 15.9 Å². The van der Waals surface area contributed by atoms with Gasteiger partial charge in [-0.3, -0.25) is 4.79 Å². The maximum atomic E-state index is 12.1. The largest absolute Gasteiger partial charge is 0.497 e. The molecule has 0 heterocycles. The van der Waals surface area contributed by atoms with Crippen LogP contribution in [0.15, 0.2) is 28.8 Å². The van der Waals surface area contributed by atoms with Crippen LogP contribution < -0.4 is 14.8 Å². The first-order valence-corrected chi connectivity index (χ1v) is 6.74. The number of ether oxygens (including phenoxy) is 2. The lowest BCUT2D eigenvalue weighted by atomic mass is 10.1. The number of hydrogen-bond donors (Lipinski definition) is 1. The van der Waals surface area contributed by atoms with Crippen molar-refractivity contribution in [3.63, 3.8) is 0 Å². The summed E-state index contributed by atoms with van der Waals surface area (Å²) < 4.78 is 11.1. The average molecular weight is 328 g/mol. The Morgan fingerprint density at radius 3 is 2.68 bits per heavy atom. The van der Waals surface area contributed by atoms with Gasteiger partial charge < -0.3 is 14.8 Å². The van der Waals surface area contributed by atoms with Crippen molar-refractivity contribution in [2.75, 3.05) is 20.8 Å². The molecule has 0 radical (unpaired) electrons. The molecule has 0 unspecified atom stereocenters. The highest BCUT2D eigenvalue weighted by Crippen LogP contribution is 2.33. The van der Waals surface area contributed by atoms with Gasteiger partial charge in [0.05, 0.1) is 24.3 Å². The molecule has 1 aromatic carbocycles. The molecule has 1 amide bonds. The normalized spacial score (nSPS) is 10.5. The molecule has 0 aliphatic carbocycles. The summed E-state index contributed by atoms with van der Waals surface area (Å²) in [5, 5.41) is 2.84. The van der Waals surface area contributed by atoms with E-state index in [2.05, 4.69) is 21.2 Å². The zero-order valence-electron chi connectivity index (χ0n) is 11.3. The van der Waals surface area contributed by atoms with E-state index in [-0.39, 0.29) is 5.91 Å². The van der Waals surface area contributed by atoms with E-state index in [1.54, 1.807) is 19.2 Å². The fourth-order valence-electron chi connectivity index (χ4n) is 1.59. The lowest BCUT2D eigenvalue weighted by Gasteiger charge is -2.12. The summed E-state index contributed by atoms with van der Waals surface area (Å²) in [4.78, 5) is 12.1. The summed E-state index contributed by atoms with van der Waals surface area (Å²) in [6.45, 7) is 2.53. The molecule has 1 N–H and O–H groups in total. The minimum absolute atomic E-state index is 0.180. The number of nitrogens with one attached hydrogen (secondary N) is 1. The topological polar surface area (TPSA) is 47.6 Å². The minimum atomic E-state index is -0.180. The van der Waals surface area contributed by atoms with Crippen molar-refractivity contribution in [1.29, 1.82) is 0 Å². The molecule has 5 heteroatoms. The van der Waals surface area contributed by atoms with Gasteiger partial charge in [0, 0.05) is 6.54 Å². The Labute approximate surface area is 121 Å². The number of benzene rings is 1. The summed E-state index contributed by atoms with van der Waals surface area (Å²) in [6.07, 6.45) is 4.75. The number of allylic oxidation sites excluding steroid dienone is 1. The standard InChI is InChI=1S/C14H18BrNO3/c1-4-5-6-7-16-14(17)11-8-10(18-2)9-12(15)13(11)19-3/h4-5,8-9H,6-7H2,1-3H3,(H,16,17)/b5-4+. The second-order valence-electron chi connectivity index (χ2n) is 3.80. The van der Waals surface area contributed by atoms with Gasteiger partial charge in [-0.15, -0.1) is 0 Å². The Kier molecular flexibility index (Phi) is 6.42. The Morgan fingerprint density at radius 1 is 1.37 bits per heavy atom. The van der Waals surface area contributed by atoms with Crippen LogP contribution in [0.2, 0.25) is 0 Å². The molecule has 0 saturated heterocycles. The first-order chi connectivity index (χ1) is 9.13. The van der Waals surface area contributed by atoms with E-state index in [9.17, 15) is 4.79 Å². The van der Waals surface area contributed by atoms with Gasteiger partial charge >= 0.3 is 0 Å². The van der Waals surface area contributed by atoms with E-state index >= 15 is 0 Å². The van der Waals surface area contributed by atoms with Gasteiger partial charge in [-0.2, -0.15) is 0 Å². The van der Waals surface area contributed by atoms with Crippen LogP contribution in [0.4, 0.5) is 0 Å². The second-order valence-corrected chi connectivity index (χ2v) is 4.66. The molecule has 0 aliphatic heterocycles. The number of methoxy groups -OCH3 is 2. The molecule has 0 spiro atoms. The number of amides is 1. The highest BCUT2D eigenvalue weighted by molar-refractivity contribution is 9.10. The van der Waals surface area contributed by atoms with Gasteiger partial charge in [-0.25, -0.2) is 0 Å². The Hall–Kier alpha value is -1.49. The van der Waals surface area contributed by atoms with E-state index in [1.165, 1.54) is 7.11 Å². The number of hydrogen-bond acceptors (Lipinski definition) is 3. The van der Waals surface area contributed by atoms with Crippen molar-refractivity contribution in [2.24, 2.45) is 0 Å². The van der Waals surface area contributed by atoms with Gasteiger partial charge in [0.2, 0.25) is 0 Å². The average Bonchev–Trinajstić information content (AvgIpc) is 2.42. The summed E-state index contributed by atoms with van der Waals surface area (Å²) in [5.74, 6) is 0.927. The van der Waals surface area contributed by atoms with E-state index in [1.807, 2.05) is 19.1 Å². The third kappa shape index (κ3) is 4.28. The fraction of sp³-hybridized carbons (Fsp3) is 0.357. The van der Waals surface area contributed by atoms with Crippen molar-refractivity contribution in [3.8, 4) is 11.5 Å². The molecule has 19 heavy (non-hydrogen) atoms. The summed E-state index contributed by atoms with van der Waals surface area (Å²) in [6, 6.07) is 3.42. The molecule has 1 rings (SSSR count). The van der Waals surface area contributed by atoms with Crippen molar-refractivity contribution >= 4 is 21.8 Å². The van der Waals surface area contributed by atoms with Crippen LogP contribution in [0, 0.1) is 0 Å². The maximum Gasteiger partial charge on any atom is 0.255 e. The molecule has 0 atom stereocenters. The van der Waals surface area contributed by atoms with Crippen LogP contribution in [-0.2, 0) is 0 Å². The third-order valence-corrected chi connectivity index (χ3v) is 3.12. The summed E-state index contributed by atoms with van der Waals surface area (Å²) >= 11 is 3.36. The Morgan fingerprint density at radius 2 is 2.11 bits per heavy atom. The first-order valence-electron chi connectivity index (χ1n) is 5.95. The number of halogens is 1. The van der Waals surface area contributed by atoms with Crippen molar-refractivity contribution in [1.82, 2.24) is 5.32 Å². The third-order valence-electron chi connectivity index (χ3n) is 2.53. The van der Waals surface area contributed by atoms with Gasteiger partial charge in [0.15, 0.2) is 0 Å². The quantitative estimate of drug-likeness (QED) is 0.645. The predicted molar refractivity (Wildman–Crippen MR) is 79.0 cm³/mol. The minimum Gasteiger partial charge on any atom is -0.497 e. The van der Waals surface area contributed by atoms with E-state index in [0.717, 1.165) is 6.42 Å². The van der Waals surface area contributed by atoms with Crippen molar-refractivity contribution in [2.45, 2.75) is 13.3 Å². The monoisotopic (exact) mass is 327 g/mol. The molecular formula is C14H18BrNO3. The highest BCUT2D eigenvalue weighted by atomic mass is 79.9. The fourth-order valence-corrected chi connectivity index (χ4v) is 2.19. The van der Waals surface area contributed by atoms with Crippen molar-refractivity contribution < 1.29 is 14.3 Å². The smallest absolute Gasteiger partial charge is 0.255 e. The molecule has 0 fully saturated rings. The zero-order valence-corrected chi connectivity index (χ0v) is 12.9. The molecule has 0 saturated carbocycles. The summed E-state index contributed by atoms with van der Waals surface area (Å²) in [5.41, 5.74) is 0.453. The lowest BCUT2D eigenvalue weighted by molar-refractivity contribution is 0.0951. The second kappa shape index (κ2) is 7.84. The van der Waals surface area contributed by atoms with Gasteiger partial charge in [-0.1, -0.05) is 12.2 Å². The summed E-state index contributed by atoms with van der Waals surface area (Å²) in [7, 11) is 3.09. The molecule has 1 aromatic rings. The molecule has 0 aliphatic rings. The molecule has 0 aromatic heterocycles. The lowest BCUT2D eigenvalue weighted by Crippen LogP contribution is -2.24. The van der Waals surface area contributed by atoms with Gasteiger partial charge in [-0.05, 0) is 41.4 Å². The molecular weight excluding hydrogens is 310 g/mol. The van der Waals surface area contributed by atoms with Crippen molar-refractivity contribution in [3.05, 3.63) is 34.3 Å². The van der Waals surface area contributed by atoms with Crippen LogP contribution in [0.3, 0.4) is 0 Å². The van der Waals surface area contributed by atoms with Gasteiger partial charge in [0.1, 0.15) is 11.5 Å². The van der Waals surface area contributed by atoms with Crippen LogP contribution in [0.1, 0.15) is 23.7 Å². The number of carbonyl (C=O) groups excluding carboxylic acids is 1. The highest BCUT2D eigenvalue weighted by Gasteiger charge is 2.16. The molecule has 0 bridgehead atoms. The predicted octanol–water partition coefficient (Wildman–Crippen LogP) is 3.16. The molecule has 4 nitrogen and oxygen atoms in total. The number of carbonyl (C=O) groups is 1. The van der Waals surface area contributed by atoms with Crippen LogP contribution in [0.5, 0.6) is 11.5 Å².